The molecule has 0 aliphatic carbocycles. The third-order valence-electron chi connectivity index (χ3n) is 3.14. The molecule has 0 spiro atoms. The molecule has 1 aromatic heterocycles. The summed E-state index contributed by atoms with van der Waals surface area (Å²) >= 11 is 0. The normalized spacial score (nSPS) is 15.9. The molecule has 0 amide bonds. The minimum Gasteiger partial charge on any atom is -0.435 e. The number of allylic oxidation sites excluding steroid dienone is 1. The molecular formula is C15H11F2NO2. The Morgan fingerprint density at radius 3 is 2.60 bits per heavy atom. The summed E-state index contributed by atoms with van der Waals surface area (Å²) in [7, 11) is 0. The van der Waals surface area contributed by atoms with Crippen molar-refractivity contribution in [3.8, 4) is 5.75 Å². The molecule has 0 unspecified atom stereocenters. The molecule has 0 fully saturated rings. The summed E-state index contributed by atoms with van der Waals surface area (Å²) in [6, 6.07) is 9.82. The van der Waals surface area contributed by atoms with Crippen LogP contribution in [0.1, 0.15) is 16.1 Å². The molecule has 2 heterocycles. The van der Waals surface area contributed by atoms with Crippen molar-refractivity contribution in [2.75, 3.05) is 0 Å². The average molecular weight is 275 g/mol. The fourth-order valence-corrected chi connectivity index (χ4v) is 2.24. The molecule has 1 aliphatic heterocycles. The number of alkyl halides is 2. The molecule has 2 aromatic rings. The lowest BCUT2D eigenvalue weighted by Crippen LogP contribution is -2.01. The molecule has 0 N–H and O–H groups in total. The number of carbonyl (C=O) groups is 1. The lowest BCUT2D eigenvalue weighted by Gasteiger charge is -2.04. The van der Waals surface area contributed by atoms with Crippen LogP contribution in [0.25, 0.3) is 6.08 Å². The average Bonchev–Trinajstić information content (AvgIpc) is 2.96. The van der Waals surface area contributed by atoms with Crippen molar-refractivity contribution in [2.24, 2.45) is 0 Å². The van der Waals surface area contributed by atoms with E-state index in [1.54, 1.807) is 24.3 Å². The summed E-state index contributed by atoms with van der Waals surface area (Å²) in [6.07, 6.45) is 3.62. The molecule has 5 heteroatoms. The third-order valence-corrected chi connectivity index (χ3v) is 3.14. The van der Waals surface area contributed by atoms with Crippen LogP contribution in [0.15, 0.2) is 48.2 Å². The van der Waals surface area contributed by atoms with Gasteiger partial charge in [-0.1, -0.05) is 12.1 Å². The maximum absolute atomic E-state index is 12.1. The topological polar surface area (TPSA) is 31.2 Å². The molecule has 0 atom stereocenters. The molecule has 102 valence electrons. The van der Waals surface area contributed by atoms with Gasteiger partial charge in [0.15, 0.2) is 0 Å². The maximum Gasteiger partial charge on any atom is 0.387 e. The van der Waals surface area contributed by atoms with Gasteiger partial charge in [-0.05, 0) is 35.9 Å². The molecule has 0 saturated heterocycles. The molecule has 3 nitrogen and oxygen atoms in total. The van der Waals surface area contributed by atoms with Crippen molar-refractivity contribution >= 4 is 11.9 Å². The number of hydrogen-bond donors (Lipinski definition) is 0. The molecule has 3 rings (SSSR count). The van der Waals surface area contributed by atoms with Crippen molar-refractivity contribution in [1.82, 2.24) is 4.57 Å². The Morgan fingerprint density at radius 1 is 1.20 bits per heavy atom. The third kappa shape index (κ3) is 2.34. The summed E-state index contributed by atoms with van der Waals surface area (Å²) in [5.74, 6) is 0.106. The van der Waals surface area contributed by atoms with Crippen molar-refractivity contribution in [1.29, 1.82) is 0 Å². The second-order valence-corrected chi connectivity index (χ2v) is 4.47. The van der Waals surface area contributed by atoms with Gasteiger partial charge in [0, 0.05) is 11.8 Å². The second kappa shape index (κ2) is 4.92. The predicted molar refractivity (Wildman–Crippen MR) is 69.8 cm³/mol. The Bertz CT molecular complexity index is 671. The van der Waals surface area contributed by atoms with Crippen LogP contribution in [0.2, 0.25) is 0 Å². The van der Waals surface area contributed by atoms with Crippen LogP contribution in [0.3, 0.4) is 0 Å². The summed E-state index contributed by atoms with van der Waals surface area (Å²) in [5.41, 5.74) is 2.14. The number of fused-ring (bicyclic) bond motifs is 1. The summed E-state index contributed by atoms with van der Waals surface area (Å²) in [5, 5.41) is 0. The second-order valence-electron chi connectivity index (χ2n) is 4.47. The van der Waals surface area contributed by atoms with Crippen LogP contribution >= 0.6 is 0 Å². The lowest BCUT2D eigenvalue weighted by molar-refractivity contribution is -0.0498. The van der Waals surface area contributed by atoms with Gasteiger partial charge in [-0.15, -0.1) is 0 Å². The zero-order valence-electron chi connectivity index (χ0n) is 10.4. The highest BCUT2D eigenvalue weighted by Crippen LogP contribution is 2.23. The summed E-state index contributed by atoms with van der Waals surface area (Å²) < 4.78 is 30.2. The highest BCUT2D eigenvalue weighted by molar-refractivity contribution is 6.12. The minimum atomic E-state index is -2.83. The van der Waals surface area contributed by atoms with Crippen LogP contribution < -0.4 is 4.74 Å². The van der Waals surface area contributed by atoms with Crippen molar-refractivity contribution in [3.63, 3.8) is 0 Å². The van der Waals surface area contributed by atoms with Crippen molar-refractivity contribution in [2.45, 2.75) is 13.2 Å². The number of rotatable bonds is 3. The number of Topliss-reactive ketones (excluding diaryl/α,β-unsaturated/α-hetero) is 1. The standard InChI is InChI=1S/C15H11F2NO2/c16-15(17)20-12-5-3-10(4-6-12)8-11-9-18-7-1-2-13(18)14(11)19/h1-8,15H,9H2/b11-8-. The quantitative estimate of drug-likeness (QED) is 0.804. The highest BCUT2D eigenvalue weighted by atomic mass is 19.3. The van der Waals surface area contributed by atoms with E-state index in [1.807, 2.05) is 16.8 Å². The monoisotopic (exact) mass is 275 g/mol. The zero-order valence-corrected chi connectivity index (χ0v) is 10.4. The smallest absolute Gasteiger partial charge is 0.387 e. The van der Waals surface area contributed by atoms with E-state index in [-0.39, 0.29) is 11.5 Å². The number of halogens is 2. The molecule has 0 bridgehead atoms. The first-order valence-corrected chi connectivity index (χ1v) is 6.09. The van der Waals surface area contributed by atoms with Gasteiger partial charge in [0.25, 0.3) is 0 Å². The maximum atomic E-state index is 12.1. The van der Waals surface area contributed by atoms with Gasteiger partial charge in [0.1, 0.15) is 5.75 Å². The fourth-order valence-electron chi connectivity index (χ4n) is 2.24. The van der Waals surface area contributed by atoms with E-state index >= 15 is 0 Å². The molecule has 0 radical (unpaired) electrons. The molecule has 1 aromatic carbocycles. The molecular weight excluding hydrogens is 264 g/mol. The van der Waals surface area contributed by atoms with Gasteiger partial charge in [-0.3, -0.25) is 4.79 Å². The van der Waals surface area contributed by atoms with E-state index in [2.05, 4.69) is 4.74 Å². The van der Waals surface area contributed by atoms with E-state index in [4.69, 9.17) is 0 Å². The fraction of sp³-hybridized carbons (Fsp3) is 0.133. The Hall–Kier alpha value is -2.43. The Balaban J connectivity index is 1.80. The highest BCUT2D eigenvalue weighted by Gasteiger charge is 2.23. The van der Waals surface area contributed by atoms with Crippen LogP contribution in [0, 0.1) is 0 Å². The van der Waals surface area contributed by atoms with Crippen LogP contribution in [-0.4, -0.2) is 17.0 Å². The first kappa shape index (κ1) is 12.6. The van der Waals surface area contributed by atoms with Crippen LogP contribution in [0.5, 0.6) is 5.75 Å². The predicted octanol–water partition coefficient (Wildman–Crippen LogP) is 3.37. The van der Waals surface area contributed by atoms with E-state index in [1.165, 1.54) is 12.1 Å². The number of benzene rings is 1. The SMILES string of the molecule is O=C1/C(=C\c2ccc(OC(F)F)cc2)Cn2cccc21. The number of ether oxygens (including phenoxy) is 1. The van der Waals surface area contributed by atoms with Gasteiger partial charge < -0.3 is 9.30 Å². The number of nitrogens with zero attached hydrogens (tertiary/aromatic N) is 1. The van der Waals surface area contributed by atoms with Gasteiger partial charge in [-0.2, -0.15) is 8.78 Å². The Labute approximate surface area is 114 Å². The van der Waals surface area contributed by atoms with Crippen molar-refractivity contribution in [3.05, 3.63) is 59.4 Å². The van der Waals surface area contributed by atoms with E-state index in [0.717, 1.165) is 5.56 Å². The first-order chi connectivity index (χ1) is 9.63. The summed E-state index contributed by atoms with van der Waals surface area (Å²) in [6.45, 7) is -2.29. The molecule has 0 saturated carbocycles. The first-order valence-electron chi connectivity index (χ1n) is 6.09. The Morgan fingerprint density at radius 2 is 1.95 bits per heavy atom. The summed E-state index contributed by atoms with van der Waals surface area (Å²) in [4.78, 5) is 12.1. The number of carbonyl (C=O) groups excluding carboxylic acids is 1. The number of aromatic nitrogens is 1. The van der Waals surface area contributed by atoms with E-state index < -0.39 is 6.61 Å². The van der Waals surface area contributed by atoms with E-state index in [9.17, 15) is 13.6 Å². The molecule has 1 aliphatic rings. The Kier molecular flexibility index (Phi) is 3.10. The van der Waals surface area contributed by atoms with Gasteiger partial charge in [0.2, 0.25) is 5.78 Å². The zero-order chi connectivity index (χ0) is 14.1. The van der Waals surface area contributed by atoms with Crippen LogP contribution in [-0.2, 0) is 6.54 Å². The minimum absolute atomic E-state index is 0.00269. The van der Waals surface area contributed by atoms with Gasteiger partial charge in [-0.25, -0.2) is 0 Å². The number of hydrogen-bond acceptors (Lipinski definition) is 2. The van der Waals surface area contributed by atoms with Crippen LogP contribution in [0.4, 0.5) is 8.78 Å². The van der Waals surface area contributed by atoms with Gasteiger partial charge in [0.05, 0.1) is 12.2 Å². The lowest BCUT2D eigenvalue weighted by atomic mass is 10.1. The molecule has 20 heavy (non-hydrogen) atoms. The number of ketones is 1. The van der Waals surface area contributed by atoms with Crippen molar-refractivity contribution < 1.29 is 18.3 Å². The largest absolute Gasteiger partial charge is 0.435 e. The van der Waals surface area contributed by atoms with Gasteiger partial charge >= 0.3 is 6.61 Å². The van der Waals surface area contributed by atoms with E-state index in [0.29, 0.717) is 17.8 Å².